The summed E-state index contributed by atoms with van der Waals surface area (Å²) in [6, 6.07) is 14.7. The number of carboxylic acids is 1. The molecule has 1 N–H and O–H groups in total. The summed E-state index contributed by atoms with van der Waals surface area (Å²) in [4.78, 5) is 42.6. The number of amides is 1. The maximum absolute atomic E-state index is 14.4. The number of fused-ring (bicyclic) bond motifs is 2. The Morgan fingerprint density at radius 3 is 2.37 bits per heavy atom. The predicted molar refractivity (Wildman–Crippen MR) is 161 cm³/mol. The zero-order valence-electron chi connectivity index (χ0n) is 24.5. The highest BCUT2D eigenvalue weighted by Crippen LogP contribution is 2.41. The number of benzene rings is 3. The highest BCUT2D eigenvalue weighted by Gasteiger charge is 2.44. The molecular weight excluding hydrogens is 627 g/mol. The van der Waals surface area contributed by atoms with E-state index in [1.807, 2.05) is 18.2 Å². The van der Waals surface area contributed by atoms with E-state index >= 15 is 0 Å². The van der Waals surface area contributed by atoms with Crippen molar-refractivity contribution in [2.75, 3.05) is 39.9 Å². The average Bonchev–Trinajstić information content (AvgIpc) is 3.03. The van der Waals surface area contributed by atoms with Crippen LogP contribution in [0.15, 0.2) is 76.6 Å². The number of rotatable bonds is 5. The quantitative estimate of drug-likeness (QED) is 0.345. The number of carbonyl (C=O) groups excluding carboxylic acids is 1. The average molecular weight is 656 g/mol. The van der Waals surface area contributed by atoms with Gasteiger partial charge in [-0.1, -0.05) is 54.6 Å². The van der Waals surface area contributed by atoms with E-state index in [9.17, 15) is 41.1 Å². The monoisotopic (exact) mass is 655 g/mol. The summed E-state index contributed by atoms with van der Waals surface area (Å²) < 4.78 is 76.8. The summed E-state index contributed by atoms with van der Waals surface area (Å²) in [5, 5.41) is 10.9. The van der Waals surface area contributed by atoms with Crippen LogP contribution < -0.4 is 5.56 Å². The number of alkyl halides is 3. The van der Waals surface area contributed by atoms with Gasteiger partial charge in [0.1, 0.15) is 11.6 Å². The molecule has 6 rings (SSSR count). The van der Waals surface area contributed by atoms with Gasteiger partial charge in [0, 0.05) is 32.2 Å². The molecule has 4 aromatic rings. The minimum Gasteiger partial charge on any atom is -0.480 e. The van der Waals surface area contributed by atoms with Crippen molar-refractivity contribution in [3.8, 4) is 11.1 Å². The molecule has 1 saturated heterocycles. The van der Waals surface area contributed by atoms with Crippen LogP contribution in [-0.4, -0.2) is 79.1 Å². The van der Waals surface area contributed by atoms with E-state index in [0.717, 1.165) is 34.9 Å². The lowest BCUT2D eigenvalue weighted by Gasteiger charge is -2.35. The van der Waals surface area contributed by atoms with Gasteiger partial charge >= 0.3 is 12.1 Å². The molecule has 1 fully saturated rings. The molecule has 0 radical (unpaired) electrons. The Bertz CT molecular complexity index is 2050. The van der Waals surface area contributed by atoms with E-state index < -0.39 is 62.4 Å². The lowest BCUT2D eigenvalue weighted by atomic mass is 9.89. The van der Waals surface area contributed by atoms with Crippen LogP contribution in [0.25, 0.3) is 21.9 Å². The Labute approximate surface area is 261 Å². The number of aromatic nitrogens is 1. The van der Waals surface area contributed by atoms with Crippen molar-refractivity contribution in [1.29, 1.82) is 0 Å². The van der Waals surface area contributed by atoms with Crippen molar-refractivity contribution in [2.24, 2.45) is 0 Å². The van der Waals surface area contributed by atoms with Crippen LogP contribution in [0, 0.1) is 0 Å². The number of pyridine rings is 1. The van der Waals surface area contributed by atoms with Crippen molar-refractivity contribution in [3.63, 3.8) is 0 Å². The molecule has 3 aromatic carbocycles. The van der Waals surface area contributed by atoms with E-state index in [-0.39, 0.29) is 49.4 Å². The fourth-order valence-corrected chi connectivity index (χ4v) is 7.71. The van der Waals surface area contributed by atoms with Crippen molar-refractivity contribution in [3.05, 3.63) is 99.3 Å². The van der Waals surface area contributed by atoms with E-state index in [2.05, 4.69) is 0 Å². The van der Waals surface area contributed by atoms with E-state index in [0.29, 0.717) is 15.5 Å². The first-order chi connectivity index (χ1) is 21.8. The van der Waals surface area contributed by atoms with Gasteiger partial charge in [-0.05, 0) is 46.0 Å². The summed E-state index contributed by atoms with van der Waals surface area (Å²) >= 11 is 0. The van der Waals surface area contributed by atoms with Crippen LogP contribution in [0.2, 0.25) is 0 Å². The summed E-state index contributed by atoms with van der Waals surface area (Å²) in [6.45, 7) is -0.130. The minimum absolute atomic E-state index is 0.0933. The normalized spacial score (nSPS) is 18.3. The number of halogens is 3. The van der Waals surface area contributed by atoms with Crippen molar-refractivity contribution >= 4 is 32.7 Å². The third-order valence-corrected chi connectivity index (χ3v) is 10.2. The molecule has 1 atom stereocenters. The third-order valence-electron chi connectivity index (χ3n) is 8.39. The fourth-order valence-electron chi connectivity index (χ4n) is 6.12. The Morgan fingerprint density at radius 2 is 1.67 bits per heavy atom. The first-order valence-electron chi connectivity index (χ1n) is 14.3. The van der Waals surface area contributed by atoms with E-state index in [1.54, 1.807) is 24.3 Å². The largest absolute Gasteiger partial charge is 0.480 e. The van der Waals surface area contributed by atoms with Crippen molar-refractivity contribution in [1.82, 2.24) is 13.8 Å². The SMILES string of the molecule is CN1CC(C(=O)O)n2c(c(-c3cccc(C(F)(F)F)c3)c(Cc3cccc4ccccc34)c(C(=O)N3CCOCC3)c2=O)S1(=O)=O. The molecular formula is C32H28F3N3O7S. The summed E-state index contributed by atoms with van der Waals surface area (Å²) in [5.74, 6) is -2.35. The molecule has 240 valence electrons. The smallest absolute Gasteiger partial charge is 0.416 e. The van der Waals surface area contributed by atoms with Gasteiger partial charge in [-0.3, -0.25) is 14.2 Å². The first-order valence-corrected chi connectivity index (χ1v) is 15.8. The van der Waals surface area contributed by atoms with Crippen LogP contribution >= 0.6 is 0 Å². The molecule has 1 unspecified atom stereocenters. The first kappa shape index (κ1) is 31.5. The summed E-state index contributed by atoms with van der Waals surface area (Å²) in [7, 11) is -3.52. The van der Waals surface area contributed by atoms with Gasteiger partial charge in [-0.15, -0.1) is 0 Å². The molecule has 0 spiro atoms. The number of hydrogen-bond acceptors (Lipinski definition) is 6. The number of carboxylic acid groups (broad SMARTS) is 1. The van der Waals surface area contributed by atoms with Crippen molar-refractivity contribution < 1.29 is 41.0 Å². The Balaban J connectivity index is 1.79. The highest BCUT2D eigenvalue weighted by molar-refractivity contribution is 7.89. The fraction of sp³-hybridized carbons (Fsp3) is 0.281. The molecule has 46 heavy (non-hydrogen) atoms. The van der Waals surface area contributed by atoms with Gasteiger partial charge in [0.2, 0.25) is 0 Å². The van der Waals surface area contributed by atoms with Crippen LogP contribution in [0.4, 0.5) is 13.2 Å². The number of morpholine rings is 1. The van der Waals surface area contributed by atoms with Gasteiger partial charge in [0.25, 0.3) is 21.5 Å². The molecule has 0 bridgehead atoms. The number of hydrogen-bond donors (Lipinski definition) is 1. The summed E-state index contributed by atoms with van der Waals surface area (Å²) in [5.41, 5.74) is -2.88. The Hall–Kier alpha value is -4.53. The van der Waals surface area contributed by atoms with E-state index in [4.69, 9.17) is 4.74 Å². The molecule has 0 aliphatic carbocycles. The zero-order valence-corrected chi connectivity index (χ0v) is 25.3. The number of likely N-dealkylation sites (N-methyl/N-ethyl adjacent to an activating group) is 1. The number of carbonyl (C=O) groups is 2. The second kappa shape index (κ2) is 11.7. The summed E-state index contributed by atoms with van der Waals surface area (Å²) in [6.07, 6.45) is -5.04. The molecule has 3 heterocycles. The molecule has 10 nitrogen and oxygen atoms in total. The third kappa shape index (κ3) is 5.35. The number of nitrogens with zero attached hydrogens (tertiary/aromatic N) is 3. The molecule has 2 aliphatic heterocycles. The molecule has 0 saturated carbocycles. The van der Waals surface area contributed by atoms with Crippen LogP contribution in [-0.2, 0) is 32.2 Å². The van der Waals surface area contributed by atoms with Crippen LogP contribution in [0.3, 0.4) is 0 Å². The topological polar surface area (TPSA) is 126 Å². The second-order valence-electron chi connectivity index (χ2n) is 11.1. The highest BCUT2D eigenvalue weighted by atomic mass is 32.2. The van der Waals surface area contributed by atoms with Gasteiger partial charge in [0.15, 0.2) is 5.03 Å². The maximum Gasteiger partial charge on any atom is 0.416 e. The van der Waals surface area contributed by atoms with Crippen LogP contribution in [0.5, 0.6) is 0 Å². The molecule has 1 amide bonds. The Kier molecular flexibility index (Phi) is 7.99. The second-order valence-corrected chi connectivity index (χ2v) is 13.1. The standard InChI is InChI=1S/C32H28F3N3O7S/c1-36-18-25(31(41)42)38-29(40)27(28(39)37-12-14-45-15-13-37)24(17-20-8-4-7-19-6-2-3-11-23(19)20)26(30(38)46(36,43)44)21-9-5-10-22(16-21)32(33,34)35/h2-11,16,25H,12-15,17-18H2,1H3,(H,41,42). The van der Waals surface area contributed by atoms with Gasteiger partial charge in [-0.2, -0.15) is 17.5 Å². The lowest BCUT2D eigenvalue weighted by Crippen LogP contribution is -2.51. The predicted octanol–water partition coefficient (Wildman–Crippen LogP) is 4.01. The van der Waals surface area contributed by atoms with Gasteiger partial charge in [-0.25, -0.2) is 13.2 Å². The molecule has 14 heteroatoms. The lowest BCUT2D eigenvalue weighted by molar-refractivity contribution is -0.141. The van der Waals surface area contributed by atoms with Gasteiger partial charge < -0.3 is 14.7 Å². The Morgan fingerprint density at radius 1 is 1.00 bits per heavy atom. The van der Waals surface area contributed by atoms with Crippen molar-refractivity contribution in [2.45, 2.75) is 23.7 Å². The number of sulfonamides is 1. The number of aliphatic carboxylic acids is 1. The van der Waals surface area contributed by atoms with E-state index in [1.165, 1.54) is 11.0 Å². The minimum atomic E-state index is -4.82. The zero-order chi connectivity index (χ0) is 33.0. The maximum atomic E-state index is 14.4. The number of ether oxygens (including phenoxy) is 1. The van der Waals surface area contributed by atoms with Gasteiger partial charge in [0.05, 0.1) is 18.8 Å². The molecule has 2 aliphatic rings. The molecule has 1 aromatic heterocycles. The van der Waals surface area contributed by atoms with Crippen LogP contribution in [0.1, 0.15) is 33.1 Å².